The number of amides is 1. The maximum atomic E-state index is 13.9. The number of fused-ring (bicyclic) bond motifs is 1. The van der Waals surface area contributed by atoms with E-state index in [9.17, 15) is 28.0 Å². The van der Waals surface area contributed by atoms with Gasteiger partial charge in [-0.15, -0.1) is 11.8 Å². The molecule has 8 nitrogen and oxygen atoms in total. The maximum Gasteiger partial charge on any atom is 0.408 e. The summed E-state index contributed by atoms with van der Waals surface area (Å²) < 4.78 is 44.0. The number of ether oxygens (including phenoxy) is 3. The minimum atomic E-state index is -1.95. The highest BCUT2D eigenvalue weighted by Gasteiger charge is 2.80. The summed E-state index contributed by atoms with van der Waals surface area (Å²) in [6.07, 6.45) is -0.959. The molecular weight excluding hydrogens is 532 g/mol. The Morgan fingerprint density at radius 3 is 1.97 bits per heavy atom. The van der Waals surface area contributed by atoms with Gasteiger partial charge in [-0.25, -0.2) is 18.4 Å². The molecule has 0 aromatic heterocycles. The summed E-state index contributed by atoms with van der Waals surface area (Å²) in [7, 11) is 0. The van der Waals surface area contributed by atoms with Crippen LogP contribution in [-0.4, -0.2) is 51.9 Å². The fourth-order valence-corrected chi connectivity index (χ4v) is 6.02. The molecule has 0 spiro atoms. The molecule has 11 heteroatoms. The van der Waals surface area contributed by atoms with Gasteiger partial charge in [-0.3, -0.25) is 9.59 Å². The first-order valence-electron chi connectivity index (χ1n) is 12.8. The first kappa shape index (κ1) is 30.8. The van der Waals surface area contributed by atoms with Crippen LogP contribution in [0.4, 0.5) is 13.6 Å². The number of esters is 2. The normalized spacial score (nSPS) is 26.5. The van der Waals surface area contributed by atoms with E-state index in [0.717, 1.165) is 23.9 Å². The summed E-state index contributed by atoms with van der Waals surface area (Å²) >= 11 is 1.02. The number of benzene rings is 1. The molecule has 216 valence electrons. The molecular formula is C28H37F2NO7S. The van der Waals surface area contributed by atoms with E-state index < -0.39 is 81.5 Å². The third-order valence-corrected chi connectivity index (χ3v) is 7.29. The van der Waals surface area contributed by atoms with E-state index in [-0.39, 0.29) is 5.75 Å². The Morgan fingerprint density at radius 2 is 1.46 bits per heavy atom. The highest BCUT2D eigenvalue weighted by atomic mass is 32.2. The number of carbonyl (C=O) groups excluding carboxylic acids is 4. The van der Waals surface area contributed by atoms with E-state index in [0.29, 0.717) is 4.90 Å². The van der Waals surface area contributed by atoms with Crippen LogP contribution in [0.1, 0.15) is 62.3 Å². The highest BCUT2D eigenvalue weighted by molar-refractivity contribution is 7.99. The Morgan fingerprint density at radius 1 is 0.897 bits per heavy atom. The molecule has 3 rings (SSSR count). The summed E-state index contributed by atoms with van der Waals surface area (Å²) in [5, 5.41) is 2.64. The van der Waals surface area contributed by atoms with Crippen molar-refractivity contribution in [2.24, 2.45) is 23.7 Å². The van der Waals surface area contributed by atoms with Crippen molar-refractivity contribution in [3.63, 3.8) is 0 Å². The molecule has 0 heterocycles. The summed E-state index contributed by atoms with van der Waals surface area (Å²) in [5.41, 5.74) is -4.71. The first-order chi connectivity index (χ1) is 17.7. The molecule has 2 saturated carbocycles. The molecule has 1 aromatic carbocycles. The maximum absolute atomic E-state index is 13.9. The SMILES string of the molecule is CC(C)(C)OC(=O)N[C@@]1(C(=O)OC(C)(C)C)C(CSc2ccc(F)c(F)c2)C(=O)[C@@H]2C1[C@H]2C(=O)OC(C)(C)C. The lowest BCUT2D eigenvalue weighted by molar-refractivity contribution is -0.168. The van der Waals surface area contributed by atoms with Crippen molar-refractivity contribution in [2.45, 2.75) is 89.6 Å². The quantitative estimate of drug-likeness (QED) is 0.288. The number of ketones is 1. The average molecular weight is 570 g/mol. The number of rotatable bonds is 6. The largest absolute Gasteiger partial charge is 0.460 e. The minimum absolute atomic E-state index is 0.0764. The van der Waals surface area contributed by atoms with E-state index in [4.69, 9.17) is 14.2 Å². The minimum Gasteiger partial charge on any atom is -0.460 e. The van der Waals surface area contributed by atoms with Gasteiger partial charge in [0.15, 0.2) is 17.2 Å². The number of alkyl carbamates (subject to hydrolysis) is 1. The number of thioether (sulfide) groups is 1. The lowest BCUT2D eigenvalue weighted by Gasteiger charge is -2.38. The van der Waals surface area contributed by atoms with Crippen molar-refractivity contribution < 1.29 is 42.2 Å². The van der Waals surface area contributed by atoms with E-state index >= 15 is 0 Å². The van der Waals surface area contributed by atoms with Gasteiger partial charge in [-0.05, 0) is 80.5 Å². The molecule has 2 unspecified atom stereocenters. The van der Waals surface area contributed by atoms with Crippen LogP contribution in [0.15, 0.2) is 23.1 Å². The third-order valence-electron chi connectivity index (χ3n) is 6.20. The van der Waals surface area contributed by atoms with E-state index in [1.54, 1.807) is 62.3 Å². The van der Waals surface area contributed by atoms with Crippen LogP contribution in [0.5, 0.6) is 0 Å². The van der Waals surface area contributed by atoms with Gasteiger partial charge in [0.2, 0.25) is 0 Å². The van der Waals surface area contributed by atoms with Gasteiger partial charge in [0, 0.05) is 22.5 Å². The number of carbonyl (C=O) groups is 4. The standard InChI is InChI=1S/C28H37F2NO7S/c1-25(2,3)36-22(33)19-18-20(19)28(23(34)37-26(4,5)6,31-24(35)38-27(7,8)9)15(21(18)32)13-39-14-10-11-16(29)17(30)12-14/h10-12,15,18-20H,13H2,1-9H3,(H,31,35)/t15?,18-,19-,20?,28-/m0/s1. The van der Waals surface area contributed by atoms with Gasteiger partial charge in [-0.2, -0.15) is 0 Å². The van der Waals surface area contributed by atoms with Crippen LogP contribution in [-0.2, 0) is 28.6 Å². The summed E-state index contributed by atoms with van der Waals surface area (Å²) in [4.78, 5) is 54.2. The fraction of sp³-hybridized carbons (Fsp3) is 0.643. The smallest absolute Gasteiger partial charge is 0.408 e. The monoisotopic (exact) mass is 569 g/mol. The van der Waals surface area contributed by atoms with Crippen LogP contribution in [0.3, 0.4) is 0 Å². The summed E-state index contributed by atoms with van der Waals surface area (Å²) in [5.74, 6) is -8.06. The Labute approximate surface area is 231 Å². The second kappa shape index (κ2) is 10.4. The molecule has 0 radical (unpaired) electrons. The molecule has 1 amide bonds. The molecule has 2 fully saturated rings. The van der Waals surface area contributed by atoms with Crippen molar-refractivity contribution >= 4 is 35.6 Å². The molecule has 0 bridgehead atoms. The van der Waals surface area contributed by atoms with Crippen LogP contribution in [0.25, 0.3) is 0 Å². The van der Waals surface area contributed by atoms with Gasteiger partial charge < -0.3 is 19.5 Å². The average Bonchev–Trinajstić information content (AvgIpc) is 3.42. The predicted octanol–water partition coefficient (Wildman–Crippen LogP) is 5.06. The zero-order chi connectivity index (χ0) is 29.7. The van der Waals surface area contributed by atoms with Gasteiger partial charge in [0.25, 0.3) is 0 Å². The van der Waals surface area contributed by atoms with Crippen LogP contribution in [0, 0.1) is 35.3 Å². The number of halogens is 2. The van der Waals surface area contributed by atoms with Gasteiger partial charge >= 0.3 is 18.0 Å². The van der Waals surface area contributed by atoms with Crippen LogP contribution in [0.2, 0.25) is 0 Å². The Bertz CT molecular complexity index is 1170. The lowest BCUT2D eigenvalue weighted by Crippen LogP contribution is -2.64. The van der Waals surface area contributed by atoms with Gasteiger partial charge in [0.05, 0.1) is 11.8 Å². The lowest BCUT2D eigenvalue weighted by atomic mass is 9.80. The summed E-state index contributed by atoms with van der Waals surface area (Å²) in [6, 6.07) is 3.30. The van der Waals surface area contributed by atoms with Crippen LogP contribution < -0.4 is 5.32 Å². The van der Waals surface area contributed by atoms with E-state index in [2.05, 4.69) is 5.32 Å². The van der Waals surface area contributed by atoms with Crippen molar-refractivity contribution in [1.29, 1.82) is 0 Å². The Kier molecular flexibility index (Phi) is 8.20. The van der Waals surface area contributed by atoms with Crippen LogP contribution >= 0.6 is 11.8 Å². The molecule has 2 aliphatic rings. The molecule has 39 heavy (non-hydrogen) atoms. The third kappa shape index (κ3) is 6.91. The topological polar surface area (TPSA) is 108 Å². The Balaban J connectivity index is 2.06. The molecule has 0 aliphatic heterocycles. The van der Waals surface area contributed by atoms with Crippen molar-refractivity contribution in [3.05, 3.63) is 29.8 Å². The van der Waals surface area contributed by atoms with Crippen molar-refractivity contribution in [1.82, 2.24) is 5.32 Å². The Hall–Kier alpha value is -2.69. The van der Waals surface area contributed by atoms with Crippen molar-refractivity contribution in [2.75, 3.05) is 5.75 Å². The molecule has 1 aromatic rings. The zero-order valence-electron chi connectivity index (χ0n) is 23.8. The van der Waals surface area contributed by atoms with E-state index in [1.165, 1.54) is 6.07 Å². The van der Waals surface area contributed by atoms with Crippen molar-refractivity contribution in [3.8, 4) is 0 Å². The predicted molar refractivity (Wildman–Crippen MR) is 140 cm³/mol. The second-order valence-electron chi connectivity index (χ2n) is 13.0. The zero-order valence-corrected chi connectivity index (χ0v) is 24.6. The molecule has 2 aliphatic carbocycles. The molecule has 1 N–H and O–H groups in total. The number of hydrogen-bond donors (Lipinski definition) is 1. The number of nitrogens with one attached hydrogen (secondary N) is 1. The second-order valence-corrected chi connectivity index (χ2v) is 14.0. The van der Waals surface area contributed by atoms with Gasteiger partial charge in [0.1, 0.15) is 22.6 Å². The van der Waals surface area contributed by atoms with Gasteiger partial charge in [-0.1, -0.05) is 0 Å². The molecule has 5 atom stereocenters. The van der Waals surface area contributed by atoms with E-state index in [1.807, 2.05) is 0 Å². The summed E-state index contributed by atoms with van der Waals surface area (Å²) in [6.45, 7) is 14.9. The number of Topliss-reactive ketones (excluding diaryl/α,β-unsaturated/α-hetero) is 1. The number of hydrogen-bond acceptors (Lipinski definition) is 8. The highest BCUT2D eigenvalue weighted by Crippen LogP contribution is 2.64. The first-order valence-corrected chi connectivity index (χ1v) is 13.7. The fourth-order valence-electron chi connectivity index (χ4n) is 4.88. The molecule has 0 saturated heterocycles.